The van der Waals surface area contributed by atoms with Crippen molar-refractivity contribution in [1.29, 1.82) is 0 Å². The Morgan fingerprint density at radius 3 is 2.44 bits per heavy atom. The summed E-state index contributed by atoms with van der Waals surface area (Å²) in [6, 6.07) is 8.35. The van der Waals surface area contributed by atoms with E-state index in [0.717, 1.165) is 17.5 Å². The Hall–Kier alpha value is -0.790. The van der Waals surface area contributed by atoms with Gasteiger partial charge in [-0.05, 0) is 55.2 Å². The summed E-state index contributed by atoms with van der Waals surface area (Å²) in [5.41, 5.74) is 1.44. The Labute approximate surface area is 115 Å². The number of methoxy groups -OCH3 is 1. The van der Waals surface area contributed by atoms with Crippen molar-refractivity contribution in [2.45, 2.75) is 31.6 Å². The van der Waals surface area contributed by atoms with Gasteiger partial charge in [-0.15, -0.1) is 0 Å². The SMILES string of the molecule is COC/C=C/C1CCC(c2ccc(Cl)cc2)CC1. The minimum absolute atomic E-state index is 0.717. The summed E-state index contributed by atoms with van der Waals surface area (Å²) in [4.78, 5) is 0. The fourth-order valence-electron chi connectivity index (χ4n) is 2.72. The van der Waals surface area contributed by atoms with Gasteiger partial charge in [-0.3, -0.25) is 0 Å². The van der Waals surface area contributed by atoms with Crippen molar-refractivity contribution >= 4 is 11.6 Å². The zero-order valence-corrected chi connectivity index (χ0v) is 11.7. The molecule has 1 saturated carbocycles. The van der Waals surface area contributed by atoms with Crippen LogP contribution in [0.2, 0.25) is 5.02 Å². The molecule has 0 saturated heterocycles. The molecule has 1 aromatic rings. The molecule has 1 aliphatic carbocycles. The van der Waals surface area contributed by atoms with Crippen molar-refractivity contribution in [3.8, 4) is 0 Å². The molecule has 0 amide bonds. The van der Waals surface area contributed by atoms with Crippen LogP contribution in [0.3, 0.4) is 0 Å². The van der Waals surface area contributed by atoms with Crippen molar-refractivity contribution in [1.82, 2.24) is 0 Å². The third kappa shape index (κ3) is 3.86. The summed E-state index contributed by atoms with van der Waals surface area (Å²) in [5, 5.41) is 0.829. The quantitative estimate of drug-likeness (QED) is 0.709. The van der Waals surface area contributed by atoms with Crippen LogP contribution in [-0.4, -0.2) is 13.7 Å². The zero-order chi connectivity index (χ0) is 12.8. The summed E-state index contributed by atoms with van der Waals surface area (Å²) in [5.74, 6) is 1.46. The van der Waals surface area contributed by atoms with Gasteiger partial charge < -0.3 is 4.74 Å². The van der Waals surface area contributed by atoms with E-state index in [1.165, 1.54) is 31.2 Å². The van der Waals surface area contributed by atoms with Crippen LogP contribution in [0, 0.1) is 5.92 Å². The van der Waals surface area contributed by atoms with Crippen LogP contribution in [0.25, 0.3) is 0 Å². The number of rotatable bonds is 4. The maximum absolute atomic E-state index is 5.92. The molecule has 0 bridgehead atoms. The Balaban J connectivity index is 1.84. The fraction of sp³-hybridized carbons (Fsp3) is 0.500. The Kier molecular flexibility index (Phi) is 5.27. The van der Waals surface area contributed by atoms with Gasteiger partial charge in [0, 0.05) is 12.1 Å². The average molecular weight is 265 g/mol. The van der Waals surface area contributed by atoms with E-state index in [9.17, 15) is 0 Å². The molecule has 0 radical (unpaired) electrons. The molecule has 1 aromatic carbocycles. The summed E-state index contributed by atoms with van der Waals surface area (Å²) >= 11 is 5.92. The van der Waals surface area contributed by atoms with E-state index in [1.54, 1.807) is 7.11 Å². The van der Waals surface area contributed by atoms with Gasteiger partial charge >= 0.3 is 0 Å². The Morgan fingerprint density at radius 1 is 1.17 bits per heavy atom. The van der Waals surface area contributed by atoms with Crippen LogP contribution in [0.5, 0.6) is 0 Å². The van der Waals surface area contributed by atoms with Crippen LogP contribution in [0.1, 0.15) is 37.2 Å². The molecular formula is C16H21ClO. The molecule has 2 heteroatoms. The van der Waals surface area contributed by atoms with E-state index in [2.05, 4.69) is 24.3 Å². The lowest BCUT2D eigenvalue weighted by Gasteiger charge is -2.27. The van der Waals surface area contributed by atoms with E-state index in [4.69, 9.17) is 16.3 Å². The van der Waals surface area contributed by atoms with Crippen LogP contribution in [-0.2, 0) is 4.74 Å². The third-order valence-corrected chi connectivity index (χ3v) is 4.04. The van der Waals surface area contributed by atoms with Crippen molar-refractivity contribution in [3.05, 3.63) is 47.0 Å². The maximum atomic E-state index is 5.92. The van der Waals surface area contributed by atoms with E-state index in [1.807, 2.05) is 12.1 Å². The minimum Gasteiger partial charge on any atom is -0.381 e. The summed E-state index contributed by atoms with van der Waals surface area (Å²) in [6.07, 6.45) is 9.60. The van der Waals surface area contributed by atoms with Crippen molar-refractivity contribution in [3.63, 3.8) is 0 Å². The van der Waals surface area contributed by atoms with Gasteiger partial charge in [0.15, 0.2) is 0 Å². The largest absolute Gasteiger partial charge is 0.381 e. The molecule has 0 aromatic heterocycles. The number of benzene rings is 1. The highest BCUT2D eigenvalue weighted by Crippen LogP contribution is 2.36. The van der Waals surface area contributed by atoms with E-state index in [0.29, 0.717) is 5.92 Å². The fourth-order valence-corrected chi connectivity index (χ4v) is 2.85. The standard InChI is InChI=1S/C16H21ClO/c1-18-12-2-3-13-4-6-14(7-5-13)15-8-10-16(17)11-9-15/h2-3,8-11,13-14H,4-7,12H2,1H3/b3-2+. The van der Waals surface area contributed by atoms with E-state index in [-0.39, 0.29) is 0 Å². The first-order valence-electron chi connectivity index (χ1n) is 6.70. The van der Waals surface area contributed by atoms with Crippen LogP contribution >= 0.6 is 11.6 Å². The topological polar surface area (TPSA) is 9.23 Å². The summed E-state index contributed by atoms with van der Waals surface area (Å²) in [6.45, 7) is 0.733. The third-order valence-electron chi connectivity index (χ3n) is 3.78. The van der Waals surface area contributed by atoms with Crippen molar-refractivity contribution in [2.75, 3.05) is 13.7 Å². The number of ether oxygens (including phenoxy) is 1. The second kappa shape index (κ2) is 6.96. The molecule has 18 heavy (non-hydrogen) atoms. The molecule has 0 aliphatic heterocycles. The molecule has 98 valence electrons. The van der Waals surface area contributed by atoms with Gasteiger partial charge in [-0.2, -0.15) is 0 Å². The predicted octanol–water partition coefficient (Wildman–Crippen LogP) is 4.82. The minimum atomic E-state index is 0.717. The van der Waals surface area contributed by atoms with E-state index < -0.39 is 0 Å². The lowest BCUT2D eigenvalue weighted by atomic mass is 9.78. The normalized spacial score (nSPS) is 24.6. The van der Waals surface area contributed by atoms with Gasteiger partial charge in [-0.1, -0.05) is 35.9 Å². The highest BCUT2D eigenvalue weighted by atomic mass is 35.5. The Bertz CT molecular complexity index is 375. The summed E-state index contributed by atoms with van der Waals surface area (Å²) in [7, 11) is 1.74. The molecule has 0 atom stereocenters. The van der Waals surface area contributed by atoms with Crippen molar-refractivity contribution in [2.24, 2.45) is 5.92 Å². The van der Waals surface area contributed by atoms with Crippen molar-refractivity contribution < 1.29 is 4.74 Å². The summed E-state index contributed by atoms with van der Waals surface area (Å²) < 4.78 is 5.04. The Morgan fingerprint density at radius 2 is 1.83 bits per heavy atom. The smallest absolute Gasteiger partial charge is 0.0643 e. The second-order valence-electron chi connectivity index (χ2n) is 5.05. The predicted molar refractivity (Wildman–Crippen MR) is 77.2 cm³/mol. The molecule has 0 N–H and O–H groups in total. The molecule has 0 heterocycles. The molecule has 0 spiro atoms. The maximum Gasteiger partial charge on any atom is 0.0643 e. The lowest BCUT2D eigenvalue weighted by molar-refractivity contribution is 0.233. The molecule has 1 aliphatic rings. The number of hydrogen-bond donors (Lipinski definition) is 0. The lowest BCUT2D eigenvalue weighted by Crippen LogP contribution is -2.11. The van der Waals surface area contributed by atoms with Gasteiger partial charge in [0.2, 0.25) is 0 Å². The monoisotopic (exact) mass is 264 g/mol. The first kappa shape index (κ1) is 13.6. The van der Waals surface area contributed by atoms with Crippen LogP contribution in [0.4, 0.5) is 0 Å². The van der Waals surface area contributed by atoms with Crippen LogP contribution in [0.15, 0.2) is 36.4 Å². The number of halogens is 1. The van der Waals surface area contributed by atoms with Crippen LogP contribution < -0.4 is 0 Å². The molecule has 0 unspecified atom stereocenters. The zero-order valence-electron chi connectivity index (χ0n) is 10.9. The molecule has 2 rings (SSSR count). The highest BCUT2D eigenvalue weighted by Gasteiger charge is 2.20. The molecule has 1 fully saturated rings. The first-order valence-corrected chi connectivity index (χ1v) is 7.08. The number of allylic oxidation sites excluding steroid dienone is 1. The molecule has 1 nitrogen and oxygen atoms in total. The highest BCUT2D eigenvalue weighted by molar-refractivity contribution is 6.30. The number of hydrogen-bond acceptors (Lipinski definition) is 1. The van der Waals surface area contributed by atoms with E-state index >= 15 is 0 Å². The van der Waals surface area contributed by atoms with Gasteiger partial charge in [0.05, 0.1) is 6.61 Å². The first-order chi connectivity index (χ1) is 8.79. The van der Waals surface area contributed by atoms with Gasteiger partial charge in [0.25, 0.3) is 0 Å². The van der Waals surface area contributed by atoms with Gasteiger partial charge in [-0.25, -0.2) is 0 Å². The molecular weight excluding hydrogens is 244 g/mol. The van der Waals surface area contributed by atoms with Gasteiger partial charge in [0.1, 0.15) is 0 Å². The average Bonchev–Trinajstić information content (AvgIpc) is 2.41. The second-order valence-corrected chi connectivity index (χ2v) is 5.48.